The Morgan fingerprint density at radius 2 is 1.08 bits per heavy atom. The largest absolute Gasteiger partial charge is 0.264 e. The van der Waals surface area contributed by atoms with E-state index in [4.69, 9.17) is 9.97 Å². The number of pyridine rings is 1. The van der Waals surface area contributed by atoms with Crippen molar-refractivity contribution in [2.45, 2.75) is 12.8 Å². The Balaban J connectivity index is 1.27. The van der Waals surface area contributed by atoms with Gasteiger partial charge in [0.25, 0.3) is 0 Å². The highest BCUT2D eigenvalue weighted by Gasteiger charge is 2.18. The van der Waals surface area contributed by atoms with Crippen LogP contribution in [0.1, 0.15) is 17.5 Å². The van der Waals surface area contributed by atoms with Crippen LogP contribution in [0.5, 0.6) is 0 Å². The highest BCUT2D eigenvalue weighted by Crippen LogP contribution is 2.40. The minimum atomic E-state index is 0.704. The van der Waals surface area contributed by atoms with Crippen molar-refractivity contribution in [3.05, 3.63) is 181 Å². The first-order chi connectivity index (χ1) is 24.8. The first-order valence-corrected chi connectivity index (χ1v) is 17.1. The van der Waals surface area contributed by atoms with Gasteiger partial charge >= 0.3 is 0 Å². The number of fused-ring (bicyclic) bond motifs is 3. The van der Waals surface area contributed by atoms with Gasteiger partial charge in [-0.1, -0.05) is 127 Å². The van der Waals surface area contributed by atoms with Crippen LogP contribution in [0, 0.1) is 0 Å². The number of hydrogen-bond donors (Lipinski definition) is 0. The lowest BCUT2D eigenvalue weighted by Crippen LogP contribution is -2.00. The second-order valence-corrected chi connectivity index (χ2v) is 12.8. The lowest BCUT2D eigenvalue weighted by atomic mass is 9.84. The van der Waals surface area contributed by atoms with E-state index in [2.05, 4.69) is 151 Å². The van der Waals surface area contributed by atoms with Crippen LogP contribution in [-0.2, 0) is 6.42 Å². The first kappa shape index (κ1) is 29.7. The predicted octanol–water partition coefficient (Wildman–Crippen LogP) is 12.0. The minimum absolute atomic E-state index is 0.704. The number of aromatic nitrogens is 3. The van der Waals surface area contributed by atoms with Crippen molar-refractivity contribution >= 4 is 16.8 Å². The van der Waals surface area contributed by atoms with Crippen LogP contribution in [0.2, 0.25) is 0 Å². The van der Waals surface area contributed by atoms with Crippen molar-refractivity contribution in [3.63, 3.8) is 0 Å². The molecule has 0 radical (unpaired) electrons. The lowest BCUT2D eigenvalue weighted by Gasteiger charge is -2.20. The van der Waals surface area contributed by atoms with Crippen molar-refractivity contribution in [2.24, 2.45) is 0 Å². The van der Waals surface area contributed by atoms with Crippen LogP contribution in [-0.4, -0.2) is 15.0 Å². The second kappa shape index (κ2) is 12.9. The monoisotopic (exact) mass is 639 g/mol. The Bertz CT molecular complexity index is 2440. The molecule has 0 fully saturated rings. The van der Waals surface area contributed by atoms with Gasteiger partial charge in [0.05, 0.1) is 11.4 Å². The summed E-state index contributed by atoms with van der Waals surface area (Å²) in [6.07, 6.45) is 10.4. The molecule has 1 aliphatic carbocycles. The van der Waals surface area contributed by atoms with Crippen LogP contribution in [0.4, 0.5) is 0 Å². The van der Waals surface area contributed by atoms with Gasteiger partial charge in [0.15, 0.2) is 5.82 Å². The Morgan fingerprint density at radius 3 is 1.78 bits per heavy atom. The molecule has 0 bridgehead atoms. The second-order valence-electron chi connectivity index (χ2n) is 12.8. The maximum Gasteiger partial charge on any atom is 0.160 e. The molecule has 1 aliphatic rings. The number of allylic oxidation sites excluding steroid dienone is 1. The number of benzene rings is 6. The molecule has 0 saturated carbocycles. The molecule has 2 heterocycles. The average molecular weight is 640 g/mol. The fourth-order valence-corrected chi connectivity index (χ4v) is 7.12. The van der Waals surface area contributed by atoms with Crippen LogP contribution in [0.15, 0.2) is 170 Å². The van der Waals surface area contributed by atoms with Crippen LogP contribution in [0.3, 0.4) is 0 Å². The summed E-state index contributed by atoms with van der Waals surface area (Å²) in [7, 11) is 0. The summed E-state index contributed by atoms with van der Waals surface area (Å²) in [6, 6.07) is 53.7. The van der Waals surface area contributed by atoms with Gasteiger partial charge in [-0.05, 0) is 105 Å². The van der Waals surface area contributed by atoms with Gasteiger partial charge in [0.1, 0.15) is 0 Å². The first-order valence-electron chi connectivity index (χ1n) is 17.1. The fraction of sp³-hybridized carbons (Fsp3) is 0.0426. The Hall–Kier alpha value is -6.45. The van der Waals surface area contributed by atoms with Crippen molar-refractivity contribution in [3.8, 4) is 67.3 Å². The third kappa shape index (κ3) is 5.69. The van der Waals surface area contributed by atoms with E-state index in [1.54, 1.807) is 0 Å². The van der Waals surface area contributed by atoms with Gasteiger partial charge in [0, 0.05) is 29.1 Å². The highest BCUT2D eigenvalue weighted by molar-refractivity contribution is 5.98. The summed E-state index contributed by atoms with van der Waals surface area (Å²) < 4.78 is 0. The molecule has 0 atom stereocenters. The maximum atomic E-state index is 5.23. The molecular formula is C47H33N3. The molecule has 8 aromatic rings. The summed E-state index contributed by atoms with van der Waals surface area (Å²) >= 11 is 0. The van der Waals surface area contributed by atoms with Crippen molar-refractivity contribution in [2.75, 3.05) is 0 Å². The number of nitrogens with zero attached hydrogens (tertiary/aromatic N) is 3. The molecule has 0 unspecified atom stereocenters. The van der Waals surface area contributed by atoms with E-state index in [9.17, 15) is 0 Å². The van der Waals surface area contributed by atoms with E-state index >= 15 is 0 Å². The van der Waals surface area contributed by atoms with E-state index in [-0.39, 0.29) is 0 Å². The summed E-state index contributed by atoms with van der Waals surface area (Å²) in [4.78, 5) is 14.8. The third-order valence-electron chi connectivity index (χ3n) is 9.63. The Kier molecular flexibility index (Phi) is 7.64. The van der Waals surface area contributed by atoms with E-state index in [1.165, 1.54) is 33.0 Å². The number of hydrogen-bond acceptors (Lipinski definition) is 3. The zero-order valence-corrected chi connectivity index (χ0v) is 27.5. The summed E-state index contributed by atoms with van der Waals surface area (Å²) in [5.41, 5.74) is 14.6. The Labute approximate surface area is 292 Å². The molecule has 3 heteroatoms. The van der Waals surface area contributed by atoms with E-state index in [0.717, 1.165) is 63.2 Å². The molecule has 2 aromatic heterocycles. The van der Waals surface area contributed by atoms with Gasteiger partial charge in [0.2, 0.25) is 0 Å². The third-order valence-corrected chi connectivity index (χ3v) is 9.63. The minimum Gasteiger partial charge on any atom is -0.264 e. The topological polar surface area (TPSA) is 38.7 Å². The molecular weight excluding hydrogens is 607 g/mol. The zero-order chi connectivity index (χ0) is 33.3. The van der Waals surface area contributed by atoms with E-state index in [1.807, 2.05) is 30.6 Å². The van der Waals surface area contributed by atoms with Crippen LogP contribution >= 0.6 is 0 Å². The van der Waals surface area contributed by atoms with Gasteiger partial charge < -0.3 is 0 Å². The molecule has 0 N–H and O–H groups in total. The standard InChI is InChI=1S/C47H33N3/c1-3-12-34(13-4-1)45-30-46(35-14-5-2-6-15-35)50-47(49-45)40-27-38(33-23-21-32(22-24-33)37-17-11-25-48-31-37)26-39(28-40)44-29-36-16-7-8-18-41(36)42-19-9-10-20-43(42)44/h1-9,11-19,21-31H,10,20H2. The molecule has 50 heavy (non-hydrogen) atoms. The summed E-state index contributed by atoms with van der Waals surface area (Å²) in [5, 5.41) is 2.55. The molecule has 0 aliphatic heterocycles. The molecule has 6 aromatic carbocycles. The SMILES string of the molecule is C1=Cc2c(c(-c3cc(-c4ccc(-c5cccnc5)cc4)cc(-c4nc(-c5ccccc5)cc(-c5ccccc5)n4)c3)cc3ccccc23)CC1. The molecule has 0 spiro atoms. The van der Waals surface area contributed by atoms with Crippen molar-refractivity contribution in [1.29, 1.82) is 0 Å². The lowest BCUT2D eigenvalue weighted by molar-refractivity contribution is 0.992. The molecule has 236 valence electrons. The van der Waals surface area contributed by atoms with Crippen molar-refractivity contribution in [1.82, 2.24) is 15.0 Å². The normalized spacial score (nSPS) is 12.2. The van der Waals surface area contributed by atoms with Gasteiger partial charge in [-0.25, -0.2) is 9.97 Å². The van der Waals surface area contributed by atoms with Crippen LogP contribution < -0.4 is 0 Å². The van der Waals surface area contributed by atoms with E-state index < -0.39 is 0 Å². The van der Waals surface area contributed by atoms with Crippen molar-refractivity contribution < 1.29 is 0 Å². The van der Waals surface area contributed by atoms with Gasteiger partial charge in [-0.2, -0.15) is 0 Å². The average Bonchev–Trinajstić information content (AvgIpc) is 3.21. The molecule has 3 nitrogen and oxygen atoms in total. The molecule has 0 saturated heterocycles. The predicted molar refractivity (Wildman–Crippen MR) is 207 cm³/mol. The molecule has 0 amide bonds. The highest BCUT2D eigenvalue weighted by atomic mass is 14.9. The van der Waals surface area contributed by atoms with Gasteiger partial charge in [-0.15, -0.1) is 0 Å². The smallest absolute Gasteiger partial charge is 0.160 e. The zero-order valence-electron chi connectivity index (χ0n) is 27.5. The summed E-state index contributed by atoms with van der Waals surface area (Å²) in [5.74, 6) is 0.704. The quantitative estimate of drug-likeness (QED) is 0.182. The molecule has 9 rings (SSSR count). The van der Waals surface area contributed by atoms with Crippen LogP contribution in [0.25, 0.3) is 84.1 Å². The fourth-order valence-electron chi connectivity index (χ4n) is 7.12. The number of rotatable bonds is 6. The Morgan fingerprint density at radius 1 is 0.460 bits per heavy atom. The van der Waals surface area contributed by atoms with Gasteiger partial charge in [-0.3, -0.25) is 4.98 Å². The summed E-state index contributed by atoms with van der Waals surface area (Å²) in [6.45, 7) is 0. The van der Waals surface area contributed by atoms with E-state index in [0.29, 0.717) is 5.82 Å². The maximum absolute atomic E-state index is 5.23.